The Balaban J connectivity index is 2.39. The summed E-state index contributed by atoms with van der Waals surface area (Å²) < 4.78 is 0. The highest BCUT2D eigenvalue weighted by Gasteiger charge is 2.28. The van der Waals surface area contributed by atoms with Gasteiger partial charge in [0, 0.05) is 4.88 Å². The zero-order valence-electron chi connectivity index (χ0n) is 11.4. The van der Waals surface area contributed by atoms with Crippen molar-refractivity contribution in [1.29, 1.82) is 0 Å². The lowest BCUT2D eigenvalue weighted by molar-refractivity contribution is 0.106. The molecule has 0 fully saturated rings. The lowest BCUT2D eigenvalue weighted by atomic mass is 9.90. The smallest absolute Gasteiger partial charge is 0.121 e. The summed E-state index contributed by atoms with van der Waals surface area (Å²) in [5.41, 5.74) is 2.51. The Kier molecular flexibility index (Phi) is 3.60. The third-order valence-electron chi connectivity index (χ3n) is 3.44. The minimum absolute atomic E-state index is 0.521. The second-order valence-electron chi connectivity index (χ2n) is 5.28. The van der Waals surface area contributed by atoms with Gasteiger partial charge in [-0.25, -0.2) is 0 Å². The summed E-state index contributed by atoms with van der Waals surface area (Å²) in [5, 5.41) is 12.8. The van der Waals surface area contributed by atoms with Gasteiger partial charge < -0.3 is 5.11 Å². The molecule has 1 unspecified atom stereocenters. The Hall–Kier alpha value is -1.12. The number of aryl methyl sites for hydroxylation is 1. The van der Waals surface area contributed by atoms with Crippen LogP contribution in [0.3, 0.4) is 0 Å². The molecule has 0 aliphatic rings. The molecular weight excluding hydrogens is 240 g/mol. The Bertz CT molecular complexity index is 520. The van der Waals surface area contributed by atoms with Gasteiger partial charge in [0.15, 0.2) is 0 Å². The maximum absolute atomic E-state index is 10.8. The van der Waals surface area contributed by atoms with Crippen LogP contribution in [0.2, 0.25) is 0 Å². The van der Waals surface area contributed by atoms with Crippen LogP contribution in [0.5, 0.6) is 0 Å². The molecule has 0 saturated carbocycles. The molecule has 1 nitrogen and oxygen atoms in total. The summed E-state index contributed by atoms with van der Waals surface area (Å²) in [6, 6.07) is 10.3. The van der Waals surface area contributed by atoms with Crippen molar-refractivity contribution in [3.8, 4) is 0 Å². The van der Waals surface area contributed by atoms with E-state index < -0.39 is 5.60 Å². The lowest BCUT2D eigenvalue weighted by Crippen LogP contribution is -2.22. The first kappa shape index (κ1) is 13.3. The van der Waals surface area contributed by atoms with E-state index in [1.807, 2.05) is 31.4 Å². The van der Waals surface area contributed by atoms with Gasteiger partial charge in [0.25, 0.3) is 0 Å². The number of thiophene rings is 1. The van der Waals surface area contributed by atoms with Crippen molar-refractivity contribution in [2.75, 3.05) is 0 Å². The molecule has 1 N–H and O–H groups in total. The van der Waals surface area contributed by atoms with E-state index in [2.05, 4.69) is 32.0 Å². The predicted molar refractivity (Wildman–Crippen MR) is 78.3 cm³/mol. The minimum atomic E-state index is -0.895. The molecule has 18 heavy (non-hydrogen) atoms. The van der Waals surface area contributed by atoms with E-state index >= 15 is 0 Å². The lowest BCUT2D eigenvalue weighted by Gasteiger charge is -2.24. The molecular formula is C16H20OS. The summed E-state index contributed by atoms with van der Waals surface area (Å²) in [7, 11) is 0. The molecule has 2 rings (SSSR count). The van der Waals surface area contributed by atoms with Gasteiger partial charge in [-0.2, -0.15) is 0 Å². The normalized spacial score (nSPS) is 14.8. The van der Waals surface area contributed by atoms with E-state index in [-0.39, 0.29) is 0 Å². The predicted octanol–water partition coefficient (Wildman–Crippen LogP) is 4.44. The number of hydrogen-bond acceptors (Lipinski definition) is 2. The number of hydrogen-bond donors (Lipinski definition) is 1. The molecule has 1 aromatic carbocycles. The van der Waals surface area contributed by atoms with Crippen LogP contribution in [0.15, 0.2) is 35.7 Å². The fourth-order valence-corrected chi connectivity index (χ4v) is 3.20. The van der Waals surface area contributed by atoms with Gasteiger partial charge >= 0.3 is 0 Å². The standard InChI is InChI=1S/C16H20OS/c1-11(2)13-5-7-14(8-6-13)16(4,17)15-12(3)9-10-18-15/h5-11,17H,1-4H3. The summed E-state index contributed by atoms with van der Waals surface area (Å²) in [4.78, 5) is 1.03. The van der Waals surface area contributed by atoms with Crippen molar-refractivity contribution < 1.29 is 5.11 Å². The topological polar surface area (TPSA) is 20.2 Å². The Morgan fingerprint density at radius 2 is 1.72 bits per heavy atom. The van der Waals surface area contributed by atoms with Crippen LogP contribution < -0.4 is 0 Å². The van der Waals surface area contributed by atoms with E-state index in [1.165, 1.54) is 5.56 Å². The van der Waals surface area contributed by atoms with E-state index in [4.69, 9.17) is 0 Å². The van der Waals surface area contributed by atoms with Crippen LogP contribution in [0.4, 0.5) is 0 Å². The van der Waals surface area contributed by atoms with Gasteiger partial charge in [-0.1, -0.05) is 38.1 Å². The molecule has 1 atom stereocenters. The zero-order chi connectivity index (χ0) is 13.3. The SMILES string of the molecule is Cc1ccsc1C(C)(O)c1ccc(C(C)C)cc1. The van der Waals surface area contributed by atoms with Gasteiger partial charge in [0.2, 0.25) is 0 Å². The van der Waals surface area contributed by atoms with Crippen LogP contribution in [0.1, 0.15) is 48.3 Å². The molecule has 0 spiro atoms. The van der Waals surface area contributed by atoms with Crippen LogP contribution in [0.25, 0.3) is 0 Å². The monoisotopic (exact) mass is 260 g/mol. The molecule has 2 aromatic rings. The van der Waals surface area contributed by atoms with Crippen LogP contribution in [-0.2, 0) is 5.60 Å². The number of benzene rings is 1. The van der Waals surface area contributed by atoms with Crippen molar-refractivity contribution in [3.05, 3.63) is 57.3 Å². The van der Waals surface area contributed by atoms with E-state index in [0.29, 0.717) is 5.92 Å². The van der Waals surface area contributed by atoms with Crippen molar-refractivity contribution in [3.63, 3.8) is 0 Å². The highest BCUT2D eigenvalue weighted by atomic mass is 32.1. The molecule has 0 aliphatic heterocycles. The van der Waals surface area contributed by atoms with Crippen LogP contribution in [0, 0.1) is 6.92 Å². The maximum atomic E-state index is 10.8. The van der Waals surface area contributed by atoms with Gasteiger partial charge in [0.05, 0.1) is 0 Å². The third-order valence-corrected chi connectivity index (χ3v) is 4.67. The largest absolute Gasteiger partial charge is 0.380 e. The quantitative estimate of drug-likeness (QED) is 0.865. The van der Waals surface area contributed by atoms with E-state index in [9.17, 15) is 5.11 Å². The first-order valence-corrected chi connectivity index (χ1v) is 7.18. The minimum Gasteiger partial charge on any atom is -0.380 e. The second kappa shape index (κ2) is 4.87. The summed E-state index contributed by atoms with van der Waals surface area (Å²) in [6.07, 6.45) is 0. The summed E-state index contributed by atoms with van der Waals surface area (Å²) in [5.74, 6) is 0.521. The van der Waals surface area contributed by atoms with E-state index in [1.54, 1.807) is 11.3 Å². The average Bonchev–Trinajstić information content (AvgIpc) is 2.76. The highest BCUT2D eigenvalue weighted by molar-refractivity contribution is 7.10. The van der Waals surface area contributed by atoms with Crippen LogP contribution in [-0.4, -0.2) is 5.11 Å². The Morgan fingerprint density at radius 3 is 2.17 bits per heavy atom. The maximum Gasteiger partial charge on any atom is 0.121 e. The summed E-state index contributed by atoms with van der Waals surface area (Å²) in [6.45, 7) is 8.27. The van der Waals surface area contributed by atoms with Crippen molar-refractivity contribution >= 4 is 11.3 Å². The molecule has 1 aromatic heterocycles. The van der Waals surface area contributed by atoms with Crippen molar-refractivity contribution in [1.82, 2.24) is 0 Å². The van der Waals surface area contributed by atoms with Crippen molar-refractivity contribution in [2.45, 2.75) is 39.2 Å². The molecule has 96 valence electrons. The highest BCUT2D eigenvalue weighted by Crippen LogP contribution is 2.35. The van der Waals surface area contributed by atoms with E-state index in [0.717, 1.165) is 16.0 Å². The van der Waals surface area contributed by atoms with Crippen LogP contribution >= 0.6 is 11.3 Å². The Morgan fingerprint density at radius 1 is 1.11 bits per heavy atom. The first-order valence-electron chi connectivity index (χ1n) is 6.30. The molecule has 0 radical (unpaired) electrons. The molecule has 0 saturated heterocycles. The molecule has 0 bridgehead atoms. The zero-order valence-corrected chi connectivity index (χ0v) is 12.2. The summed E-state index contributed by atoms with van der Waals surface area (Å²) >= 11 is 1.61. The molecule has 0 aliphatic carbocycles. The third kappa shape index (κ3) is 2.36. The van der Waals surface area contributed by atoms with Gasteiger partial charge in [-0.05, 0) is 47.9 Å². The van der Waals surface area contributed by atoms with Gasteiger partial charge in [-0.15, -0.1) is 11.3 Å². The number of rotatable bonds is 3. The van der Waals surface area contributed by atoms with Crippen molar-refractivity contribution in [2.24, 2.45) is 0 Å². The number of aliphatic hydroxyl groups is 1. The van der Waals surface area contributed by atoms with Gasteiger partial charge in [0.1, 0.15) is 5.60 Å². The molecule has 1 heterocycles. The second-order valence-corrected chi connectivity index (χ2v) is 6.20. The molecule has 2 heteroatoms. The first-order chi connectivity index (χ1) is 8.43. The molecule has 0 amide bonds. The fourth-order valence-electron chi connectivity index (χ4n) is 2.20. The van der Waals surface area contributed by atoms with Gasteiger partial charge in [-0.3, -0.25) is 0 Å². The average molecular weight is 260 g/mol. The fraction of sp³-hybridized carbons (Fsp3) is 0.375. The Labute approximate surface area is 113 Å².